The van der Waals surface area contributed by atoms with Gasteiger partial charge in [-0.15, -0.1) is 0 Å². The van der Waals surface area contributed by atoms with Crippen molar-refractivity contribution >= 4 is 35.1 Å². The third-order valence-corrected chi connectivity index (χ3v) is 5.34. The number of anilines is 1. The third kappa shape index (κ3) is 3.56. The highest BCUT2D eigenvalue weighted by atomic mass is 35.5. The van der Waals surface area contributed by atoms with Crippen LogP contribution in [0.5, 0.6) is 5.88 Å². The third-order valence-electron chi connectivity index (χ3n) is 4.52. The molecule has 0 saturated carbocycles. The van der Waals surface area contributed by atoms with Crippen molar-refractivity contribution < 1.29 is 9.90 Å². The quantitative estimate of drug-likeness (QED) is 0.734. The SMILES string of the molecule is CC1(N)CCN(c2nc(O)c(-c3cccc(Cl)c3Cl)c(C(N)=O)n2)CC1. The first-order valence-electron chi connectivity index (χ1n) is 8.08. The number of primary amides is 1. The molecule has 2 aromatic rings. The van der Waals surface area contributed by atoms with Gasteiger partial charge < -0.3 is 21.5 Å². The van der Waals surface area contributed by atoms with Crippen molar-refractivity contribution in [2.24, 2.45) is 11.5 Å². The Hall–Kier alpha value is -2.09. The second-order valence-corrected chi connectivity index (χ2v) is 7.46. The minimum absolute atomic E-state index is 0.0643. The van der Waals surface area contributed by atoms with E-state index >= 15 is 0 Å². The average molecular weight is 396 g/mol. The summed E-state index contributed by atoms with van der Waals surface area (Å²) in [6, 6.07) is 4.86. The predicted molar refractivity (Wildman–Crippen MR) is 102 cm³/mol. The Labute approximate surface area is 160 Å². The van der Waals surface area contributed by atoms with Crippen LogP contribution < -0.4 is 16.4 Å². The Morgan fingerprint density at radius 3 is 2.54 bits per heavy atom. The van der Waals surface area contributed by atoms with E-state index in [1.54, 1.807) is 18.2 Å². The van der Waals surface area contributed by atoms with E-state index in [1.807, 2.05) is 11.8 Å². The molecule has 0 spiro atoms. The summed E-state index contributed by atoms with van der Waals surface area (Å²) in [6.45, 7) is 3.21. The molecule has 26 heavy (non-hydrogen) atoms. The van der Waals surface area contributed by atoms with Gasteiger partial charge >= 0.3 is 0 Å². The Balaban J connectivity index is 2.08. The van der Waals surface area contributed by atoms with Gasteiger partial charge in [-0.3, -0.25) is 4.79 Å². The number of carbonyl (C=O) groups is 1. The van der Waals surface area contributed by atoms with Gasteiger partial charge in [0.15, 0.2) is 0 Å². The normalized spacial score (nSPS) is 16.5. The Morgan fingerprint density at radius 1 is 1.27 bits per heavy atom. The Kier molecular flexibility index (Phi) is 4.96. The van der Waals surface area contributed by atoms with E-state index in [0.29, 0.717) is 18.7 Å². The maximum Gasteiger partial charge on any atom is 0.268 e. The van der Waals surface area contributed by atoms with Crippen molar-refractivity contribution in [3.8, 4) is 17.0 Å². The molecule has 9 heteroatoms. The molecular formula is C17H19Cl2N5O2. The van der Waals surface area contributed by atoms with Crippen molar-refractivity contribution in [2.45, 2.75) is 25.3 Å². The molecule has 1 aliphatic rings. The van der Waals surface area contributed by atoms with Crippen molar-refractivity contribution in [1.29, 1.82) is 0 Å². The van der Waals surface area contributed by atoms with Gasteiger partial charge in [-0.1, -0.05) is 35.3 Å². The summed E-state index contributed by atoms with van der Waals surface area (Å²) in [4.78, 5) is 22.3. The molecule has 1 aromatic heterocycles. The van der Waals surface area contributed by atoms with Crippen LogP contribution in [0.15, 0.2) is 18.2 Å². The van der Waals surface area contributed by atoms with Gasteiger partial charge in [-0.25, -0.2) is 4.98 Å². The molecule has 5 N–H and O–H groups in total. The van der Waals surface area contributed by atoms with Gasteiger partial charge in [-0.05, 0) is 25.8 Å². The first kappa shape index (κ1) is 18.7. The summed E-state index contributed by atoms with van der Waals surface area (Å²) in [5.41, 5.74) is 11.7. The summed E-state index contributed by atoms with van der Waals surface area (Å²) in [7, 11) is 0. The highest BCUT2D eigenvalue weighted by Crippen LogP contribution is 2.39. The van der Waals surface area contributed by atoms with Crippen LogP contribution in [-0.4, -0.2) is 39.6 Å². The molecule has 1 aliphatic heterocycles. The van der Waals surface area contributed by atoms with Crippen LogP contribution in [0.2, 0.25) is 10.0 Å². The number of hydrogen-bond acceptors (Lipinski definition) is 6. The molecule has 1 fully saturated rings. The van der Waals surface area contributed by atoms with Gasteiger partial charge in [0.1, 0.15) is 5.69 Å². The number of benzene rings is 1. The molecule has 0 atom stereocenters. The lowest BCUT2D eigenvalue weighted by Gasteiger charge is -2.36. The lowest BCUT2D eigenvalue weighted by atomic mass is 9.91. The molecule has 0 radical (unpaired) electrons. The van der Waals surface area contributed by atoms with Gasteiger partial charge in [0, 0.05) is 24.2 Å². The smallest absolute Gasteiger partial charge is 0.268 e. The molecule has 138 valence electrons. The van der Waals surface area contributed by atoms with E-state index in [1.165, 1.54) is 0 Å². The minimum atomic E-state index is -0.796. The standard InChI is InChI=1S/C17H19Cl2N5O2/c1-17(21)5-7-24(8-6-17)16-22-13(14(20)25)11(15(26)23-16)9-3-2-4-10(18)12(9)19/h2-4H,5-8,21H2,1H3,(H2,20,25)(H,22,23,26). The van der Waals surface area contributed by atoms with Crippen molar-refractivity contribution in [1.82, 2.24) is 9.97 Å². The lowest BCUT2D eigenvalue weighted by Crippen LogP contribution is -2.48. The summed E-state index contributed by atoms with van der Waals surface area (Å²) in [5.74, 6) is -0.946. The second-order valence-electron chi connectivity index (χ2n) is 6.68. The molecule has 1 aromatic carbocycles. The lowest BCUT2D eigenvalue weighted by molar-refractivity contribution is 0.0995. The number of halogens is 2. The molecule has 3 rings (SSSR count). The zero-order valence-electron chi connectivity index (χ0n) is 14.2. The fourth-order valence-corrected chi connectivity index (χ4v) is 3.31. The second kappa shape index (κ2) is 6.90. The van der Waals surface area contributed by atoms with Crippen molar-refractivity contribution in [2.75, 3.05) is 18.0 Å². The van der Waals surface area contributed by atoms with E-state index in [0.717, 1.165) is 12.8 Å². The number of carbonyl (C=O) groups excluding carboxylic acids is 1. The summed E-state index contributed by atoms with van der Waals surface area (Å²) in [6.07, 6.45) is 1.48. The largest absolute Gasteiger partial charge is 0.493 e. The summed E-state index contributed by atoms with van der Waals surface area (Å²) in [5, 5.41) is 11.0. The molecular weight excluding hydrogens is 377 g/mol. The molecule has 7 nitrogen and oxygen atoms in total. The molecule has 0 unspecified atom stereocenters. The zero-order chi connectivity index (χ0) is 19.1. The van der Waals surface area contributed by atoms with Crippen LogP contribution in [-0.2, 0) is 0 Å². The molecule has 0 aliphatic carbocycles. The van der Waals surface area contributed by atoms with E-state index < -0.39 is 5.91 Å². The number of amides is 1. The van der Waals surface area contributed by atoms with Crippen molar-refractivity contribution in [3.63, 3.8) is 0 Å². The topological polar surface area (TPSA) is 118 Å². The fourth-order valence-electron chi connectivity index (χ4n) is 2.92. The minimum Gasteiger partial charge on any atom is -0.493 e. The Morgan fingerprint density at radius 2 is 1.92 bits per heavy atom. The number of aromatic hydroxyl groups is 1. The van der Waals surface area contributed by atoms with E-state index in [9.17, 15) is 9.90 Å². The number of hydrogen-bond donors (Lipinski definition) is 3. The molecule has 1 saturated heterocycles. The van der Waals surface area contributed by atoms with Crippen LogP contribution in [0.1, 0.15) is 30.3 Å². The van der Waals surface area contributed by atoms with Gasteiger partial charge in [-0.2, -0.15) is 4.98 Å². The predicted octanol–water partition coefficient (Wildman–Crippen LogP) is 2.57. The van der Waals surface area contributed by atoms with Crippen LogP contribution in [0.3, 0.4) is 0 Å². The highest BCUT2D eigenvalue weighted by molar-refractivity contribution is 6.43. The van der Waals surface area contributed by atoms with Crippen LogP contribution in [0.4, 0.5) is 5.95 Å². The number of nitrogens with two attached hydrogens (primary N) is 2. The number of aromatic nitrogens is 2. The Bertz CT molecular complexity index is 862. The zero-order valence-corrected chi connectivity index (χ0v) is 15.7. The van der Waals surface area contributed by atoms with E-state index in [-0.39, 0.29) is 38.7 Å². The van der Waals surface area contributed by atoms with Crippen LogP contribution >= 0.6 is 23.2 Å². The monoisotopic (exact) mass is 395 g/mol. The fraction of sp³-hybridized carbons (Fsp3) is 0.353. The summed E-state index contributed by atoms with van der Waals surface area (Å²) < 4.78 is 0. The maximum atomic E-state index is 12.0. The van der Waals surface area contributed by atoms with Crippen LogP contribution in [0.25, 0.3) is 11.1 Å². The van der Waals surface area contributed by atoms with E-state index in [2.05, 4.69) is 9.97 Å². The number of nitrogens with zero attached hydrogens (tertiary/aromatic N) is 3. The molecule has 0 bridgehead atoms. The maximum absolute atomic E-state index is 12.0. The summed E-state index contributed by atoms with van der Waals surface area (Å²) >= 11 is 12.3. The number of rotatable bonds is 3. The first-order chi connectivity index (χ1) is 12.2. The van der Waals surface area contributed by atoms with Crippen LogP contribution in [0, 0.1) is 0 Å². The van der Waals surface area contributed by atoms with Gasteiger partial charge in [0.25, 0.3) is 5.91 Å². The molecule has 2 heterocycles. The van der Waals surface area contributed by atoms with Gasteiger partial charge in [0.05, 0.1) is 15.6 Å². The van der Waals surface area contributed by atoms with Gasteiger partial charge in [0.2, 0.25) is 11.8 Å². The molecule has 1 amide bonds. The van der Waals surface area contributed by atoms with E-state index in [4.69, 9.17) is 34.7 Å². The van der Waals surface area contributed by atoms with Crippen molar-refractivity contribution in [3.05, 3.63) is 33.9 Å². The highest BCUT2D eigenvalue weighted by Gasteiger charge is 2.29. The average Bonchev–Trinajstić information content (AvgIpc) is 2.57. The first-order valence-corrected chi connectivity index (χ1v) is 8.84. The number of piperidine rings is 1.